The van der Waals surface area contributed by atoms with Crippen molar-refractivity contribution in [3.63, 3.8) is 0 Å². The van der Waals surface area contributed by atoms with Gasteiger partial charge in [0.25, 0.3) is 0 Å². The molecule has 3 aromatic carbocycles. The largest absolute Gasteiger partial charge is 0.493 e. The molecular formula is C38H51ClN4O3. The fourth-order valence-corrected chi connectivity index (χ4v) is 6.21. The van der Waals surface area contributed by atoms with Gasteiger partial charge in [0.1, 0.15) is 29.7 Å². The number of ether oxygens (including phenoxy) is 3. The summed E-state index contributed by atoms with van der Waals surface area (Å²) in [6.45, 7) is 15.9. The molecule has 0 N–H and O–H groups in total. The molecule has 0 aliphatic carbocycles. The van der Waals surface area contributed by atoms with Gasteiger partial charge in [0, 0.05) is 43.2 Å². The molecular weight excluding hydrogens is 596 g/mol. The molecule has 1 aliphatic rings. The third-order valence-electron chi connectivity index (χ3n) is 8.87. The Hall–Kier alpha value is -3.26. The predicted octanol–water partition coefficient (Wildman–Crippen LogP) is 8.36. The quantitative estimate of drug-likeness (QED) is 0.0955. The Morgan fingerprint density at radius 1 is 0.783 bits per heavy atom. The summed E-state index contributed by atoms with van der Waals surface area (Å²) in [5, 5.41) is 0.745. The van der Waals surface area contributed by atoms with E-state index in [1.807, 2.05) is 36.4 Å². The van der Waals surface area contributed by atoms with Crippen molar-refractivity contribution in [3.8, 4) is 28.6 Å². The highest BCUT2D eigenvalue weighted by Crippen LogP contribution is 2.36. The summed E-state index contributed by atoms with van der Waals surface area (Å²) in [6, 6.07) is 20.4. The Bertz CT molecular complexity index is 1500. The monoisotopic (exact) mass is 646 g/mol. The van der Waals surface area contributed by atoms with Gasteiger partial charge in [0.05, 0.1) is 29.8 Å². The van der Waals surface area contributed by atoms with Gasteiger partial charge in [-0.2, -0.15) is 0 Å². The molecule has 0 radical (unpaired) electrons. The van der Waals surface area contributed by atoms with Crippen molar-refractivity contribution in [1.29, 1.82) is 0 Å². The van der Waals surface area contributed by atoms with Crippen LogP contribution in [0.3, 0.4) is 0 Å². The highest BCUT2D eigenvalue weighted by atomic mass is 35.5. The van der Waals surface area contributed by atoms with Crippen LogP contribution in [0.25, 0.3) is 22.4 Å². The molecule has 46 heavy (non-hydrogen) atoms. The fraction of sp³-hybridized carbons (Fsp3) is 0.500. The van der Waals surface area contributed by atoms with Crippen LogP contribution >= 0.6 is 11.6 Å². The van der Waals surface area contributed by atoms with E-state index in [4.69, 9.17) is 30.8 Å². The van der Waals surface area contributed by atoms with E-state index >= 15 is 0 Å². The number of nitrogens with zero attached hydrogens (tertiary/aromatic N) is 4. The second-order valence-electron chi connectivity index (χ2n) is 12.1. The van der Waals surface area contributed by atoms with E-state index in [-0.39, 0.29) is 0 Å². The van der Waals surface area contributed by atoms with Gasteiger partial charge in [0.2, 0.25) is 0 Å². The number of hydrogen-bond donors (Lipinski definition) is 0. The van der Waals surface area contributed by atoms with Crippen LogP contribution < -0.4 is 14.2 Å². The van der Waals surface area contributed by atoms with Crippen LogP contribution in [0, 0.1) is 0 Å². The van der Waals surface area contributed by atoms with Crippen molar-refractivity contribution < 1.29 is 14.2 Å². The standard InChI is InChI=1S/C38H51ClN4O3/c1-4-7-23-43-36-28-32(45-27-24-42-20-8-9-21-42)16-18-35(36)40-38(43)34-17-15-33(44-26-19-30-11-13-31(39)14-12-30)29-37(34)46-25-10-22-41(5-2)6-3/h11-18,28-29H,4-10,19-27H2,1-3H3. The summed E-state index contributed by atoms with van der Waals surface area (Å²) < 4.78 is 21.3. The lowest BCUT2D eigenvalue weighted by Crippen LogP contribution is -2.25. The summed E-state index contributed by atoms with van der Waals surface area (Å²) in [4.78, 5) is 10.1. The maximum Gasteiger partial charge on any atom is 0.144 e. The number of benzene rings is 3. The van der Waals surface area contributed by atoms with Crippen molar-refractivity contribution >= 4 is 22.6 Å². The van der Waals surface area contributed by atoms with E-state index in [1.54, 1.807) is 0 Å². The third-order valence-corrected chi connectivity index (χ3v) is 9.12. The Kier molecular flexibility index (Phi) is 13.0. The normalized spacial score (nSPS) is 13.6. The van der Waals surface area contributed by atoms with Crippen LogP contribution in [-0.4, -0.2) is 78.4 Å². The first-order valence-corrected chi connectivity index (χ1v) is 17.7. The van der Waals surface area contributed by atoms with E-state index in [0.717, 1.165) is 103 Å². The molecule has 7 nitrogen and oxygen atoms in total. The van der Waals surface area contributed by atoms with Gasteiger partial charge in [0.15, 0.2) is 0 Å². The van der Waals surface area contributed by atoms with Gasteiger partial charge >= 0.3 is 0 Å². The van der Waals surface area contributed by atoms with Gasteiger partial charge in [-0.05, 0) is 93.8 Å². The van der Waals surface area contributed by atoms with Crippen LogP contribution in [0.15, 0.2) is 60.7 Å². The first-order chi connectivity index (χ1) is 22.6. The molecule has 5 rings (SSSR count). The molecule has 0 atom stereocenters. The molecule has 0 amide bonds. The van der Waals surface area contributed by atoms with Crippen molar-refractivity contribution in [2.24, 2.45) is 0 Å². The fourth-order valence-electron chi connectivity index (χ4n) is 6.08. The number of imidazole rings is 1. The lowest BCUT2D eigenvalue weighted by Gasteiger charge is -2.19. The smallest absolute Gasteiger partial charge is 0.144 e. The molecule has 248 valence electrons. The molecule has 1 aliphatic heterocycles. The molecule has 0 saturated carbocycles. The van der Waals surface area contributed by atoms with E-state index in [2.05, 4.69) is 59.4 Å². The van der Waals surface area contributed by atoms with Crippen LogP contribution in [0.1, 0.15) is 58.4 Å². The average Bonchev–Trinajstić information content (AvgIpc) is 3.73. The summed E-state index contributed by atoms with van der Waals surface area (Å²) in [5.74, 6) is 3.41. The van der Waals surface area contributed by atoms with E-state index < -0.39 is 0 Å². The first-order valence-electron chi connectivity index (χ1n) is 17.3. The topological polar surface area (TPSA) is 52.0 Å². The van der Waals surface area contributed by atoms with Gasteiger partial charge in [-0.3, -0.25) is 4.90 Å². The first kappa shape index (κ1) is 34.1. The number of likely N-dealkylation sites (tertiary alicyclic amines) is 1. The minimum Gasteiger partial charge on any atom is -0.493 e. The molecule has 8 heteroatoms. The Morgan fingerprint density at radius 2 is 1.52 bits per heavy atom. The zero-order chi connectivity index (χ0) is 32.1. The number of halogens is 1. The van der Waals surface area contributed by atoms with E-state index in [9.17, 15) is 0 Å². The SMILES string of the molecule is CCCCn1c(-c2ccc(OCCc3ccc(Cl)cc3)cc2OCCCN(CC)CC)nc2ccc(OCCN3CCCC3)cc21. The highest BCUT2D eigenvalue weighted by molar-refractivity contribution is 6.30. The zero-order valence-corrected chi connectivity index (χ0v) is 28.7. The van der Waals surface area contributed by atoms with Crippen molar-refractivity contribution in [3.05, 3.63) is 71.2 Å². The van der Waals surface area contributed by atoms with Gasteiger partial charge in [-0.15, -0.1) is 0 Å². The molecule has 1 aromatic heterocycles. The second kappa shape index (κ2) is 17.6. The van der Waals surface area contributed by atoms with Crippen molar-refractivity contribution in [2.75, 3.05) is 59.1 Å². The molecule has 4 aromatic rings. The highest BCUT2D eigenvalue weighted by Gasteiger charge is 2.19. The second-order valence-corrected chi connectivity index (χ2v) is 12.5. The molecule has 0 bridgehead atoms. The molecule has 0 spiro atoms. The minimum atomic E-state index is 0.567. The number of fused-ring (bicyclic) bond motifs is 1. The number of unbranched alkanes of at least 4 members (excludes halogenated alkanes) is 1. The van der Waals surface area contributed by atoms with E-state index in [1.165, 1.54) is 31.5 Å². The van der Waals surface area contributed by atoms with Crippen LogP contribution in [0.5, 0.6) is 17.2 Å². The third kappa shape index (κ3) is 9.40. The Morgan fingerprint density at radius 3 is 2.28 bits per heavy atom. The van der Waals surface area contributed by atoms with Gasteiger partial charge < -0.3 is 23.7 Å². The van der Waals surface area contributed by atoms with Crippen LogP contribution in [0.2, 0.25) is 5.02 Å². The Balaban J connectivity index is 1.38. The van der Waals surface area contributed by atoms with E-state index in [0.29, 0.717) is 19.8 Å². The summed E-state index contributed by atoms with van der Waals surface area (Å²) in [7, 11) is 0. The van der Waals surface area contributed by atoms with Crippen LogP contribution in [0.4, 0.5) is 0 Å². The minimum absolute atomic E-state index is 0.567. The van der Waals surface area contributed by atoms with Gasteiger partial charge in [-0.25, -0.2) is 4.98 Å². The molecule has 1 fully saturated rings. The molecule has 2 heterocycles. The number of aromatic nitrogens is 2. The summed E-state index contributed by atoms with van der Waals surface area (Å²) in [6.07, 6.45) is 6.50. The maximum absolute atomic E-state index is 6.53. The zero-order valence-electron chi connectivity index (χ0n) is 28.0. The number of rotatable bonds is 19. The predicted molar refractivity (Wildman–Crippen MR) is 190 cm³/mol. The van der Waals surface area contributed by atoms with Gasteiger partial charge in [-0.1, -0.05) is 50.9 Å². The molecule has 0 unspecified atom stereocenters. The number of aryl methyl sites for hydroxylation is 1. The lowest BCUT2D eigenvalue weighted by atomic mass is 10.1. The van der Waals surface area contributed by atoms with Crippen molar-refractivity contribution in [2.45, 2.75) is 65.8 Å². The number of hydrogen-bond acceptors (Lipinski definition) is 6. The Labute approximate surface area is 280 Å². The lowest BCUT2D eigenvalue weighted by molar-refractivity contribution is 0.238. The van der Waals surface area contributed by atoms with Crippen LogP contribution in [-0.2, 0) is 13.0 Å². The summed E-state index contributed by atoms with van der Waals surface area (Å²) in [5.41, 5.74) is 4.24. The average molecular weight is 647 g/mol. The summed E-state index contributed by atoms with van der Waals surface area (Å²) >= 11 is 6.06. The molecule has 1 saturated heterocycles. The maximum atomic E-state index is 6.53. The van der Waals surface area contributed by atoms with Crippen molar-refractivity contribution in [1.82, 2.24) is 19.4 Å².